The van der Waals surface area contributed by atoms with E-state index in [1.165, 1.54) is 23.9 Å². The minimum Gasteiger partial charge on any atom is -0.332 e. The van der Waals surface area contributed by atoms with E-state index in [1.807, 2.05) is 24.5 Å². The summed E-state index contributed by atoms with van der Waals surface area (Å²) in [5.74, 6) is -0.0581. The molecule has 5 nitrogen and oxygen atoms in total. The third-order valence-electron chi connectivity index (χ3n) is 4.59. The van der Waals surface area contributed by atoms with Crippen LogP contribution in [0.25, 0.3) is 22.5 Å². The van der Waals surface area contributed by atoms with E-state index in [1.54, 1.807) is 36.5 Å². The topological polar surface area (TPSA) is 70.7 Å². The van der Waals surface area contributed by atoms with E-state index in [4.69, 9.17) is 11.6 Å². The van der Waals surface area contributed by atoms with Crippen LogP contribution >= 0.6 is 23.4 Å². The number of rotatable bonds is 6. The maximum Gasteiger partial charge on any atom is 0.229 e. The Morgan fingerprint density at radius 3 is 2.55 bits per heavy atom. The molecule has 0 aliphatic rings. The first-order valence-corrected chi connectivity index (χ1v) is 11.0. The number of nitrogens with zero attached hydrogens (tertiary/aromatic N) is 2. The van der Waals surface area contributed by atoms with Gasteiger partial charge < -0.3 is 10.3 Å². The van der Waals surface area contributed by atoms with Crippen LogP contribution in [0.15, 0.2) is 72.0 Å². The number of carbonyl (C=O) groups excluding carboxylic acids is 1. The predicted octanol–water partition coefficient (Wildman–Crippen LogP) is 5.83. The third kappa shape index (κ3) is 5.13. The molecule has 0 saturated heterocycles. The number of benzene rings is 2. The molecule has 0 atom stereocenters. The van der Waals surface area contributed by atoms with Crippen LogP contribution in [0, 0.1) is 5.82 Å². The first-order chi connectivity index (χ1) is 15.0. The standard InChI is InChI=1S/C23H18ClFN4OS/c1-31-23-28-21(15-4-8-18(25)9-5-15)22(29-23)16-10-11-26-19(13-16)27-20(30)12-14-2-6-17(24)7-3-14/h2-11,13H,12H2,1H3,(H,28,29)(H,26,27,30). The van der Waals surface area contributed by atoms with Crippen LogP contribution in [-0.4, -0.2) is 27.1 Å². The predicted molar refractivity (Wildman–Crippen MR) is 123 cm³/mol. The Morgan fingerprint density at radius 2 is 1.84 bits per heavy atom. The molecule has 0 spiro atoms. The number of thioether (sulfide) groups is 1. The largest absolute Gasteiger partial charge is 0.332 e. The summed E-state index contributed by atoms with van der Waals surface area (Å²) in [6.45, 7) is 0. The number of aromatic nitrogens is 3. The summed E-state index contributed by atoms with van der Waals surface area (Å²) in [5, 5.41) is 4.19. The molecule has 2 N–H and O–H groups in total. The van der Waals surface area contributed by atoms with Gasteiger partial charge in [0.05, 0.1) is 17.8 Å². The number of nitrogens with one attached hydrogen (secondary N) is 2. The van der Waals surface area contributed by atoms with E-state index in [9.17, 15) is 9.18 Å². The van der Waals surface area contributed by atoms with Crippen LogP contribution in [0.1, 0.15) is 5.56 Å². The van der Waals surface area contributed by atoms with Crippen LogP contribution in [0.3, 0.4) is 0 Å². The van der Waals surface area contributed by atoms with Gasteiger partial charge in [-0.2, -0.15) is 0 Å². The van der Waals surface area contributed by atoms with Gasteiger partial charge in [0.2, 0.25) is 5.91 Å². The molecule has 1 amide bonds. The van der Waals surface area contributed by atoms with Crippen LogP contribution in [0.5, 0.6) is 0 Å². The van der Waals surface area contributed by atoms with Gasteiger partial charge in [-0.3, -0.25) is 4.79 Å². The van der Waals surface area contributed by atoms with Gasteiger partial charge in [0.15, 0.2) is 5.16 Å². The highest BCUT2D eigenvalue weighted by atomic mass is 35.5. The van der Waals surface area contributed by atoms with Gasteiger partial charge in [-0.1, -0.05) is 35.5 Å². The lowest BCUT2D eigenvalue weighted by atomic mass is 10.1. The molecule has 0 radical (unpaired) electrons. The molecule has 0 unspecified atom stereocenters. The van der Waals surface area contributed by atoms with Crippen molar-refractivity contribution in [3.8, 4) is 22.5 Å². The molecule has 4 aromatic rings. The molecule has 156 valence electrons. The van der Waals surface area contributed by atoms with E-state index in [2.05, 4.69) is 20.3 Å². The highest BCUT2D eigenvalue weighted by Crippen LogP contribution is 2.33. The van der Waals surface area contributed by atoms with E-state index in [-0.39, 0.29) is 18.1 Å². The fourth-order valence-electron chi connectivity index (χ4n) is 3.10. The summed E-state index contributed by atoms with van der Waals surface area (Å²) < 4.78 is 13.4. The van der Waals surface area contributed by atoms with Crippen molar-refractivity contribution in [2.24, 2.45) is 0 Å². The quantitative estimate of drug-likeness (QED) is 0.361. The van der Waals surface area contributed by atoms with Gasteiger partial charge in [0.1, 0.15) is 11.6 Å². The monoisotopic (exact) mass is 452 g/mol. The first-order valence-electron chi connectivity index (χ1n) is 9.42. The average Bonchev–Trinajstić information content (AvgIpc) is 3.21. The number of carbonyl (C=O) groups is 1. The van der Waals surface area contributed by atoms with Gasteiger partial charge >= 0.3 is 0 Å². The van der Waals surface area contributed by atoms with Gasteiger partial charge in [-0.05, 0) is 60.4 Å². The first kappa shape index (κ1) is 21.1. The summed E-state index contributed by atoms with van der Waals surface area (Å²) in [5.41, 5.74) is 3.93. The van der Waals surface area contributed by atoms with Gasteiger partial charge in [0, 0.05) is 22.3 Å². The Bertz CT molecular complexity index is 1210. The van der Waals surface area contributed by atoms with Crippen molar-refractivity contribution in [3.63, 3.8) is 0 Å². The number of imidazole rings is 1. The van der Waals surface area contributed by atoms with Crippen LogP contribution in [0.2, 0.25) is 5.02 Å². The summed E-state index contributed by atoms with van der Waals surface area (Å²) in [6, 6.07) is 16.9. The maximum atomic E-state index is 13.4. The lowest BCUT2D eigenvalue weighted by Crippen LogP contribution is -2.15. The Labute approximate surface area is 188 Å². The zero-order valence-corrected chi connectivity index (χ0v) is 18.1. The van der Waals surface area contributed by atoms with E-state index in [0.717, 1.165) is 27.5 Å². The van der Waals surface area contributed by atoms with Gasteiger partial charge in [0.25, 0.3) is 0 Å². The average molecular weight is 453 g/mol. The fourth-order valence-corrected chi connectivity index (χ4v) is 3.62. The number of halogens is 2. The number of aromatic amines is 1. The smallest absolute Gasteiger partial charge is 0.229 e. The lowest BCUT2D eigenvalue weighted by Gasteiger charge is -2.07. The van der Waals surface area contributed by atoms with Crippen molar-refractivity contribution in [3.05, 3.63) is 83.3 Å². The van der Waals surface area contributed by atoms with Crippen LogP contribution in [-0.2, 0) is 11.2 Å². The highest BCUT2D eigenvalue weighted by Gasteiger charge is 2.15. The molecule has 2 heterocycles. The molecular formula is C23H18ClFN4OS. The summed E-state index contributed by atoms with van der Waals surface area (Å²) in [6.07, 6.45) is 3.75. The summed E-state index contributed by atoms with van der Waals surface area (Å²) in [7, 11) is 0. The van der Waals surface area contributed by atoms with Gasteiger partial charge in [-0.15, -0.1) is 0 Å². The minimum absolute atomic E-state index is 0.183. The van der Waals surface area contributed by atoms with Crippen molar-refractivity contribution in [2.75, 3.05) is 11.6 Å². The molecule has 0 aliphatic heterocycles. The number of hydrogen-bond donors (Lipinski definition) is 2. The normalized spacial score (nSPS) is 10.8. The van der Waals surface area contributed by atoms with Crippen LogP contribution in [0.4, 0.5) is 10.2 Å². The van der Waals surface area contributed by atoms with Crippen molar-refractivity contribution in [1.82, 2.24) is 15.0 Å². The van der Waals surface area contributed by atoms with E-state index >= 15 is 0 Å². The number of H-pyrrole nitrogens is 1. The summed E-state index contributed by atoms with van der Waals surface area (Å²) >= 11 is 7.37. The second-order valence-electron chi connectivity index (χ2n) is 6.76. The second kappa shape index (κ2) is 9.32. The van der Waals surface area contributed by atoms with Gasteiger partial charge in [-0.25, -0.2) is 14.4 Å². The number of pyridine rings is 1. The molecule has 8 heteroatoms. The fraction of sp³-hybridized carbons (Fsp3) is 0.0870. The molecule has 4 rings (SSSR count). The van der Waals surface area contributed by atoms with Crippen molar-refractivity contribution in [2.45, 2.75) is 11.6 Å². The van der Waals surface area contributed by atoms with Crippen molar-refractivity contribution < 1.29 is 9.18 Å². The van der Waals surface area contributed by atoms with E-state index < -0.39 is 0 Å². The Kier molecular flexibility index (Phi) is 6.34. The van der Waals surface area contributed by atoms with Crippen LogP contribution < -0.4 is 5.32 Å². The zero-order valence-electron chi connectivity index (χ0n) is 16.5. The molecule has 0 aliphatic carbocycles. The van der Waals surface area contributed by atoms with Crippen molar-refractivity contribution in [1.29, 1.82) is 0 Å². The second-order valence-corrected chi connectivity index (χ2v) is 7.99. The lowest BCUT2D eigenvalue weighted by molar-refractivity contribution is -0.115. The third-order valence-corrected chi connectivity index (χ3v) is 5.42. The summed E-state index contributed by atoms with van der Waals surface area (Å²) in [4.78, 5) is 24.6. The number of anilines is 1. The molecule has 2 aromatic heterocycles. The Morgan fingerprint density at radius 1 is 1.10 bits per heavy atom. The molecule has 0 bridgehead atoms. The molecule has 0 fully saturated rings. The molecule has 2 aromatic carbocycles. The molecular weight excluding hydrogens is 435 g/mol. The number of hydrogen-bond acceptors (Lipinski definition) is 4. The highest BCUT2D eigenvalue weighted by molar-refractivity contribution is 7.98. The SMILES string of the molecule is CSc1nc(-c2ccnc(NC(=O)Cc3ccc(Cl)cc3)c2)c(-c2ccc(F)cc2)[nH]1. The minimum atomic E-state index is -0.301. The Balaban J connectivity index is 1.59. The van der Waals surface area contributed by atoms with E-state index in [0.29, 0.717) is 16.5 Å². The molecule has 31 heavy (non-hydrogen) atoms. The molecule has 0 saturated carbocycles. The maximum absolute atomic E-state index is 13.4. The van der Waals surface area contributed by atoms with Crippen molar-refractivity contribution >= 4 is 35.1 Å². The Hall–Kier alpha value is -3.16. The number of amides is 1. The zero-order chi connectivity index (χ0) is 21.8.